The van der Waals surface area contributed by atoms with Gasteiger partial charge in [0.2, 0.25) is 5.95 Å². The summed E-state index contributed by atoms with van der Waals surface area (Å²) in [7, 11) is 1.88. The number of hydrogen-bond acceptors (Lipinski definition) is 5. The number of piperazine rings is 1. The zero-order chi connectivity index (χ0) is 16.2. The molecule has 0 aromatic carbocycles. The van der Waals surface area contributed by atoms with Crippen LogP contribution in [-0.4, -0.2) is 56.9 Å². The van der Waals surface area contributed by atoms with Crippen molar-refractivity contribution < 1.29 is 4.79 Å². The van der Waals surface area contributed by atoms with E-state index < -0.39 is 0 Å². The van der Waals surface area contributed by atoms with E-state index in [1.165, 1.54) is 0 Å². The molecule has 8 nitrogen and oxygen atoms in total. The molecule has 1 fully saturated rings. The predicted octanol–water partition coefficient (Wildman–Crippen LogP) is 0.550. The number of urea groups is 1. The minimum Gasteiger partial charge on any atom is -0.337 e. The zero-order valence-corrected chi connectivity index (χ0v) is 13.4. The molecule has 0 unspecified atom stereocenters. The van der Waals surface area contributed by atoms with Gasteiger partial charge in [0.25, 0.3) is 0 Å². The first-order valence-corrected chi connectivity index (χ1v) is 7.68. The molecular weight excluding hydrogens is 294 g/mol. The number of carbonyl (C=O) groups excluding carboxylic acids is 1. The number of hydrogen-bond donors (Lipinski definition) is 1. The summed E-state index contributed by atoms with van der Waals surface area (Å²) in [6, 6.07) is 3.73. The topological polar surface area (TPSA) is 79.2 Å². The molecule has 2 aromatic heterocycles. The fraction of sp³-hybridized carbons (Fsp3) is 0.467. The van der Waals surface area contributed by atoms with Crippen LogP contribution in [0.3, 0.4) is 0 Å². The molecule has 122 valence electrons. The van der Waals surface area contributed by atoms with Gasteiger partial charge in [-0.1, -0.05) is 0 Å². The number of aryl methyl sites for hydroxylation is 2. The first kappa shape index (κ1) is 15.3. The van der Waals surface area contributed by atoms with Crippen molar-refractivity contribution in [2.45, 2.75) is 13.5 Å². The third kappa shape index (κ3) is 3.58. The van der Waals surface area contributed by atoms with E-state index >= 15 is 0 Å². The van der Waals surface area contributed by atoms with Crippen molar-refractivity contribution in [3.8, 4) is 0 Å². The third-order valence-electron chi connectivity index (χ3n) is 3.92. The highest BCUT2D eigenvalue weighted by Crippen LogP contribution is 2.10. The van der Waals surface area contributed by atoms with Crippen LogP contribution in [0, 0.1) is 6.92 Å². The summed E-state index contributed by atoms with van der Waals surface area (Å²) in [5, 5.41) is 7.23. The van der Waals surface area contributed by atoms with E-state index in [1.54, 1.807) is 23.1 Å². The molecule has 2 amide bonds. The van der Waals surface area contributed by atoms with Gasteiger partial charge in [0, 0.05) is 45.6 Å². The first-order valence-electron chi connectivity index (χ1n) is 7.68. The second-order valence-electron chi connectivity index (χ2n) is 5.58. The van der Waals surface area contributed by atoms with Gasteiger partial charge < -0.3 is 15.1 Å². The summed E-state index contributed by atoms with van der Waals surface area (Å²) in [5.41, 5.74) is 1.94. The Morgan fingerprint density at radius 1 is 1.22 bits per heavy atom. The molecule has 1 aliphatic rings. The second kappa shape index (κ2) is 6.64. The Kier molecular flexibility index (Phi) is 4.40. The van der Waals surface area contributed by atoms with E-state index in [4.69, 9.17) is 0 Å². The van der Waals surface area contributed by atoms with Crippen LogP contribution in [0.5, 0.6) is 0 Å². The number of nitrogens with zero attached hydrogens (tertiary/aromatic N) is 6. The standard InChI is InChI=1S/C15H21N7O/c1-12-10-13(20(2)19-12)11-18-15(23)22-8-6-21(7-9-22)14-16-4-3-5-17-14/h3-5,10H,6-9,11H2,1-2H3,(H,18,23). The molecule has 3 rings (SSSR count). The second-order valence-corrected chi connectivity index (χ2v) is 5.58. The van der Waals surface area contributed by atoms with Crippen LogP contribution in [-0.2, 0) is 13.6 Å². The fourth-order valence-corrected chi connectivity index (χ4v) is 2.67. The Morgan fingerprint density at radius 2 is 1.91 bits per heavy atom. The molecule has 0 atom stereocenters. The number of anilines is 1. The molecule has 0 saturated carbocycles. The highest BCUT2D eigenvalue weighted by Gasteiger charge is 2.22. The van der Waals surface area contributed by atoms with Crippen molar-refractivity contribution in [3.63, 3.8) is 0 Å². The Balaban J connectivity index is 1.49. The van der Waals surface area contributed by atoms with E-state index in [0.717, 1.165) is 30.4 Å². The number of carbonyl (C=O) groups is 1. The van der Waals surface area contributed by atoms with Gasteiger partial charge in [-0.15, -0.1) is 0 Å². The molecular formula is C15H21N7O. The van der Waals surface area contributed by atoms with Crippen LogP contribution in [0.2, 0.25) is 0 Å². The normalized spacial score (nSPS) is 14.9. The van der Waals surface area contributed by atoms with Gasteiger partial charge in [0.1, 0.15) is 0 Å². The largest absolute Gasteiger partial charge is 0.337 e. The molecule has 1 saturated heterocycles. The van der Waals surface area contributed by atoms with Crippen molar-refractivity contribution in [1.29, 1.82) is 0 Å². The quantitative estimate of drug-likeness (QED) is 0.895. The lowest BCUT2D eigenvalue weighted by Crippen LogP contribution is -2.52. The number of aromatic nitrogens is 4. The Bertz CT molecular complexity index is 662. The maximum absolute atomic E-state index is 12.3. The average molecular weight is 315 g/mol. The molecule has 0 bridgehead atoms. The molecule has 23 heavy (non-hydrogen) atoms. The number of amides is 2. The van der Waals surface area contributed by atoms with Crippen LogP contribution >= 0.6 is 0 Å². The highest BCUT2D eigenvalue weighted by atomic mass is 16.2. The van der Waals surface area contributed by atoms with Gasteiger partial charge in [0.05, 0.1) is 17.9 Å². The van der Waals surface area contributed by atoms with E-state index in [2.05, 4.69) is 25.3 Å². The van der Waals surface area contributed by atoms with Gasteiger partial charge in [-0.3, -0.25) is 4.68 Å². The Morgan fingerprint density at radius 3 is 2.52 bits per heavy atom. The van der Waals surface area contributed by atoms with Gasteiger partial charge in [-0.2, -0.15) is 5.10 Å². The molecule has 1 aliphatic heterocycles. The van der Waals surface area contributed by atoms with E-state index in [9.17, 15) is 4.79 Å². The van der Waals surface area contributed by atoms with E-state index in [1.807, 2.05) is 24.9 Å². The van der Waals surface area contributed by atoms with Gasteiger partial charge in [-0.05, 0) is 19.1 Å². The van der Waals surface area contributed by atoms with Crippen LogP contribution in [0.15, 0.2) is 24.5 Å². The van der Waals surface area contributed by atoms with Crippen LogP contribution < -0.4 is 10.2 Å². The maximum Gasteiger partial charge on any atom is 0.317 e. The van der Waals surface area contributed by atoms with Crippen molar-refractivity contribution in [2.24, 2.45) is 7.05 Å². The summed E-state index contributed by atoms with van der Waals surface area (Å²) in [6.45, 7) is 5.22. The van der Waals surface area contributed by atoms with Crippen LogP contribution in [0.25, 0.3) is 0 Å². The number of rotatable bonds is 3. The van der Waals surface area contributed by atoms with Crippen LogP contribution in [0.4, 0.5) is 10.7 Å². The summed E-state index contributed by atoms with van der Waals surface area (Å²) in [5.74, 6) is 0.720. The monoisotopic (exact) mass is 315 g/mol. The Hall–Kier alpha value is -2.64. The fourth-order valence-electron chi connectivity index (χ4n) is 2.67. The van der Waals surface area contributed by atoms with Gasteiger partial charge >= 0.3 is 6.03 Å². The van der Waals surface area contributed by atoms with Crippen molar-refractivity contribution in [3.05, 3.63) is 35.9 Å². The zero-order valence-electron chi connectivity index (χ0n) is 13.4. The van der Waals surface area contributed by atoms with E-state index in [-0.39, 0.29) is 6.03 Å². The highest BCUT2D eigenvalue weighted by molar-refractivity contribution is 5.74. The molecule has 0 spiro atoms. The smallest absolute Gasteiger partial charge is 0.317 e. The lowest BCUT2D eigenvalue weighted by molar-refractivity contribution is 0.193. The van der Waals surface area contributed by atoms with Crippen molar-refractivity contribution >= 4 is 12.0 Å². The molecule has 3 heterocycles. The third-order valence-corrected chi connectivity index (χ3v) is 3.92. The summed E-state index contributed by atoms with van der Waals surface area (Å²) >= 11 is 0. The van der Waals surface area contributed by atoms with Crippen molar-refractivity contribution in [1.82, 2.24) is 30.0 Å². The maximum atomic E-state index is 12.3. The average Bonchev–Trinajstić information content (AvgIpc) is 2.91. The molecule has 0 aliphatic carbocycles. The first-order chi connectivity index (χ1) is 11.1. The van der Waals surface area contributed by atoms with Gasteiger partial charge in [0.15, 0.2) is 0 Å². The minimum absolute atomic E-state index is 0.0440. The SMILES string of the molecule is Cc1cc(CNC(=O)N2CCN(c3ncccn3)CC2)n(C)n1. The summed E-state index contributed by atoms with van der Waals surface area (Å²) in [6.07, 6.45) is 3.47. The summed E-state index contributed by atoms with van der Waals surface area (Å²) in [4.78, 5) is 24.7. The van der Waals surface area contributed by atoms with E-state index in [0.29, 0.717) is 19.6 Å². The molecule has 0 radical (unpaired) electrons. The lowest BCUT2D eigenvalue weighted by atomic mass is 10.3. The summed E-state index contributed by atoms with van der Waals surface area (Å²) < 4.78 is 1.79. The lowest BCUT2D eigenvalue weighted by Gasteiger charge is -2.34. The molecule has 2 aromatic rings. The van der Waals surface area contributed by atoms with Crippen LogP contribution in [0.1, 0.15) is 11.4 Å². The Labute approximate surface area is 135 Å². The minimum atomic E-state index is -0.0440. The number of nitrogens with one attached hydrogen (secondary N) is 1. The molecule has 8 heteroatoms. The van der Waals surface area contributed by atoms with Gasteiger partial charge in [-0.25, -0.2) is 14.8 Å². The predicted molar refractivity (Wildman–Crippen MR) is 86.0 cm³/mol. The van der Waals surface area contributed by atoms with Crippen molar-refractivity contribution in [2.75, 3.05) is 31.1 Å². The molecule has 1 N–H and O–H groups in total.